The van der Waals surface area contributed by atoms with Crippen molar-refractivity contribution in [3.05, 3.63) is 23.2 Å². The molecule has 0 aliphatic carbocycles. The van der Waals surface area contributed by atoms with E-state index in [1.54, 1.807) is 6.92 Å². The Kier molecular flexibility index (Phi) is 3.85. The predicted octanol–water partition coefficient (Wildman–Crippen LogP) is 0.457. The summed E-state index contributed by atoms with van der Waals surface area (Å²) in [6.07, 6.45) is 0.716. The number of aromatic carboxylic acids is 1. The highest BCUT2D eigenvalue weighted by Crippen LogP contribution is 2.18. The molecule has 1 aromatic rings. The second-order valence-corrected chi connectivity index (χ2v) is 6.91. The van der Waals surface area contributed by atoms with Crippen LogP contribution in [0.4, 0.5) is 0 Å². The van der Waals surface area contributed by atoms with Gasteiger partial charge in [0, 0.05) is 18.5 Å². The van der Waals surface area contributed by atoms with Crippen LogP contribution in [0.2, 0.25) is 0 Å². The summed E-state index contributed by atoms with van der Waals surface area (Å²) >= 11 is 0. The number of carboxylic acids is 1. The number of hydrogen-bond acceptors (Lipinski definition) is 5. The van der Waals surface area contributed by atoms with Gasteiger partial charge < -0.3 is 14.8 Å². The van der Waals surface area contributed by atoms with Gasteiger partial charge in [0.05, 0.1) is 11.5 Å². The molecule has 1 fully saturated rings. The average Bonchev–Trinajstić information content (AvgIpc) is 2.92. The van der Waals surface area contributed by atoms with Gasteiger partial charge in [-0.1, -0.05) is 6.92 Å². The quantitative estimate of drug-likeness (QED) is 0.835. The van der Waals surface area contributed by atoms with Crippen molar-refractivity contribution in [3.8, 4) is 0 Å². The van der Waals surface area contributed by atoms with Crippen LogP contribution in [-0.2, 0) is 16.3 Å². The van der Waals surface area contributed by atoms with Crippen LogP contribution in [0, 0.1) is 0 Å². The molecule has 1 aromatic heterocycles. The lowest BCUT2D eigenvalue weighted by Gasteiger charge is -2.08. The molecule has 2 N–H and O–H groups in total. The summed E-state index contributed by atoms with van der Waals surface area (Å²) in [6.45, 7) is 1.72. The van der Waals surface area contributed by atoms with Crippen molar-refractivity contribution in [1.82, 2.24) is 5.32 Å². The first-order chi connectivity index (χ1) is 9.32. The van der Waals surface area contributed by atoms with Crippen molar-refractivity contribution in [2.75, 3.05) is 11.5 Å². The fourth-order valence-electron chi connectivity index (χ4n) is 2.15. The Morgan fingerprint density at radius 3 is 2.65 bits per heavy atom. The van der Waals surface area contributed by atoms with Gasteiger partial charge in [0.2, 0.25) is 0 Å². The van der Waals surface area contributed by atoms with Gasteiger partial charge in [0.15, 0.2) is 15.6 Å². The van der Waals surface area contributed by atoms with Crippen LogP contribution in [0.3, 0.4) is 0 Å². The van der Waals surface area contributed by atoms with Gasteiger partial charge in [-0.2, -0.15) is 0 Å². The van der Waals surface area contributed by atoms with Crippen LogP contribution in [0.5, 0.6) is 0 Å². The number of hydrogen-bond donors (Lipinski definition) is 2. The second kappa shape index (κ2) is 5.28. The maximum atomic E-state index is 11.9. The molecule has 1 unspecified atom stereocenters. The van der Waals surface area contributed by atoms with E-state index in [9.17, 15) is 18.0 Å². The zero-order chi connectivity index (χ0) is 14.9. The van der Waals surface area contributed by atoms with E-state index in [1.165, 1.54) is 6.07 Å². The molecular weight excluding hydrogens is 286 g/mol. The third kappa shape index (κ3) is 3.01. The van der Waals surface area contributed by atoms with Crippen LogP contribution in [-0.4, -0.2) is 42.9 Å². The minimum Gasteiger partial charge on any atom is -0.478 e. The molecule has 8 heteroatoms. The highest BCUT2D eigenvalue weighted by Gasteiger charge is 2.30. The van der Waals surface area contributed by atoms with E-state index in [1.807, 2.05) is 0 Å². The summed E-state index contributed by atoms with van der Waals surface area (Å²) in [5, 5.41) is 11.5. The molecular formula is C12H15NO6S. The van der Waals surface area contributed by atoms with Gasteiger partial charge in [-0.15, -0.1) is 0 Å². The van der Waals surface area contributed by atoms with Crippen LogP contribution in [0.15, 0.2) is 10.5 Å². The van der Waals surface area contributed by atoms with Crippen LogP contribution in [0.25, 0.3) is 0 Å². The number of rotatable bonds is 4. The molecule has 0 saturated carbocycles. The Morgan fingerprint density at radius 1 is 1.50 bits per heavy atom. The molecule has 1 aliphatic rings. The number of nitrogens with one attached hydrogen (secondary N) is 1. The topological polar surface area (TPSA) is 114 Å². The first-order valence-corrected chi connectivity index (χ1v) is 8.02. The van der Waals surface area contributed by atoms with Crippen molar-refractivity contribution in [2.24, 2.45) is 0 Å². The number of carbonyl (C=O) groups excluding carboxylic acids is 1. The fourth-order valence-corrected chi connectivity index (χ4v) is 3.82. The molecule has 0 aromatic carbocycles. The molecule has 2 rings (SSSR count). The number of aryl methyl sites for hydroxylation is 1. The third-order valence-electron chi connectivity index (χ3n) is 3.15. The number of carbonyl (C=O) groups is 2. The molecule has 0 bridgehead atoms. The monoisotopic (exact) mass is 301 g/mol. The van der Waals surface area contributed by atoms with Crippen molar-refractivity contribution in [3.63, 3.8) is 0 Å². The molecule has 1 saturated heterocycles. The lowest BCUT2D eigenvalue weighted by atomic mass is 10.2. The van der Waals surface area contributed by atoms with Crippen molar-refractivity contribution >= 4 is 21.7 Å². The largest absolute Gasteiger partial charge is 0.478 e. The molecule has 7 nitrogen and oxygen atoms in total. The summed E-state index contributed by atoms with van der Waals surface area (Å²) in [5.41, 5.74) is -0.0447. The Labute approximate surface area is 115 Å². The number of carboxylic acid groups (broad SMARTS) is 1. The Morgan fingerprint density at radius 2 is 2.20 bits per heavy atom. The van der Waals surface area contributed by atoms with E-state index < -0.39 is 27.8 Å². The van der Waals surface area contributed by atoms with E-state index in [0.717, 1.165) is 0 Å². The van der Waals surface area contributed by atoms with Crippen molar-refractivity contribution < 1.29 is 27.5 Å². The number of sulfone groups is 1. The normalized spacial score (nSPS) is 20.8. The SMILES string of the molecule is CCc1oc(C(=O)NC2CCS(=O)(=O)C2)cc1C(=O)O. The van der Waals surface area contributed by atoms with Gasteiger partial charge >= 0.3 is 5.97 Å². The fraction of sp³-hybridized carbons (Fsp3) is 0.500. The van der Waals surface area contributed by atoms with Gasteiger partial charge in [0.25, 0.3) is 5.91 Å². The number of amides is 1. The zero-order valence-electron chi connectivity index (χ0n) is 10.9. The van der Waals surface area contributed by atoms with E-state index in [4.69, 9.17) is 9.52 Å². The lowest BCUT2D eigenvalue weighted by molar-refractivity contribution is 0.0694. The van der Waals surface area contributed by atoms with E-state index >= 15 is 0 Å². The van der Waals surface area contributed by atoms with E-state index in [0.29, 0.717) is 12.8 Å². The molecule has 1 atom stereocenters. The van der Waals surface area contributed by atoms with Gasteiger partial charge in [-0.05, 0) is 6.42 Å². The summed E-state index contributed by atoms with van der Waals surface area (Å²) in [4.78, 5) is 22.9. The smallest absolute Gasteiger partial charge is 0.339 e. The van der Waals surface area contributed by atoms with Crippen molar-refractivity contribution in [1.29, 1.82) is 0 Å². The molecule has 1 amide bonds. The first kappa shape index (κ1) is 14.6. The van der Waals surface area contributed by atoms with Crippen molar-refractivity contribution in [2.45, 2.75) is 25.8 Å². The standard InChI is InChI=1S/C12H15NO6S/c1-2-9-8(12(15)16)5-10(19-9)11(14)13-7-3-4-20(17,18)6-7/h5,7H,2-4,6H2,1H3,(H,13,14)(H,15,16). The minimum absolute atomic E-state index is 0.0447. The predicted molar refractivity (Wildman–Crippen MR) is 69.6 cm³/mol. The second-order valence-electron chi connectivity index (χ2n) is 4.68. The zero-order valence-corrected chi connectivity index (χ0v) is 11.7. The molecule has 2 heterocycles. The Balaban J connectivity index is 2.12. The molecule has 110 valence electrons. The molecule has 0 spiro atoms. The average molecular weight is 301 g/mol. The highest BCUT2D eigenvalue weighted by molar-refractivity contribution is 7.91. The molecule has 1 aliphatic heterocycles. The summed E-state index contributed by atoms with van der Waals surface area (Å²) < 4.78 is 27.8. The van der Waals surface area contributed by atoms with E-state index in [2.05, 4.69) is 5.32 Å². The highest BCUT2D eigenvalue weighted by atomic mass is 32.2. The first-order valence-electron chi connectivity index (χ1n) is 6.19. The molecule has 0 radical (unpaired) electrons. The van der Waals surface area contributed by atoms with Crippen LogP contribution < -0.4 is 5.32 Å². The molecule has 20 heavy (non-hydrogen) atoms. The number of furan rings is 1. The minimum atomic E-state index is -3.08. The lowest BCUT2D eigenvalue weighted by Crippen LogP contribution is -2.35. The third-order valence-corrected chi connectivity index (χ3v) is 4.92. The van der Waals surface area contributed by atoms with Crippen LogP contribution in [0.1, 0.15) is 40.0 Å². The maximum Gasteiger partial charge on any atom is 0.339 e. The maximum absolute atomic E-state index is 11.9. The van der Waals surface area contributed by atoms with Gasteiger partial charge in [0.1, 0.15) is 11.3 Å². The Hall–Kier alpha value is -1.83. The Bertz CT molecular complexity index is 645. The van der Waals surface area contributed by atoms with E-state index in [-0.39, 0.29) is 28.6 Å². The summed E-state index contributed by atoms with van der Waals surface area (Å²) in [5.74, 6) is -1.67. The van der Waals surface area contributed by atoms with Crippen LogP contribution >= 0.6 is 0 Å². The van der Waals surface area contributed by atoms with Gasteiger partial charge in [-0.25, -0.2) is 13.2 Å². The summed E-state index contributed by atoms with van der Waals surface area (Å²) in [6, 6.07) is 0.718. The summed E-state index contributed by atoms with van der Waals surface area (Å²) in [7, 11) is -3.08. The van der Waals surface area contributed by atoms with Gasteiger partial charge in [-0.3, -0.25) is 4.79 Å².